The molecule has 1 aliphatic heterocycles. The third kappa shape index (κ3) is 3.36. The highest BCUT2D eigenvalue weighted by Crippen LogP contribution is 2.36. The summed E-state index contributed by atoms with van der Waals surface area (Å²) in [6.45, 7) is 0.241. The lowest BCUT2D eigenvalue weighted by Gasteiger charge is -2.02. The lowest BCUT2D eigenvalue weighted by Crippen LogP contribution is -2.05. The van der Waals surface area contributed by atoms with Crippen LogP contribution in [0.1, 0.15) is 16.1 Å². The van der Waals surface area contributed by atoms with Gasteiger partial charge in [0.1, 0.15) is 12.3 Å². The number of nitrogens with zero attached hydrogens (tertiary/aromatic N) is 1. The summed E-state index contributed by atoms with van der Waals surface area (Å²) in [4.78, 5) is 12.0. The Hall–Kier alpha value is -2.80. The zero-order valence-electron chi connectivity index (χ0n) is 12.9. The summed E-state index contributed by atoms with van der Waals surface area (Å²) in [6, 6.07) is 14.2. The first-order chi connectivity index (χ1) is 12.2. The van der Waals surface area contributed by atoms with Gasteiger partial charge < -0.3 is 18.7 Å². The Morgan fingerprint density at radius 2 is 2.00 bits per heavy atom. The van der Waals surface area contributed by atoms with Crippen molar-refractivity contribution < 1.29 is 23.5 Å². The molecule has 6 nitrogen and oxygen atoms in total. The van der Waals surface area contributed by atoms with E-state index in [1.165, 1.54) is 0 Å². The minimum atomic E-state index is -0.422. The molecule has 2 heterocycles. The van der Waals surface area contributed by atoms with Gasteiger partial charge in [-0.05, 0) is 36.4 Å². The zero-order valence-corrected chi connectivity index (χ0v) is 14.5. The van der Waals surface area contributed by atoms with Crippen molar-refractivity contribution in [2.24, 2.45) is 0 Å². The second-order valence-electron chi connectivity index (χ2n) is 5.34. The predicted molar refractivity (Wildman–Crippen MR) is 91.3 cm³/mol. The first-order valence-corrected chi connectivity index (χ1v) is 8.27. The number of esters is 1. The molecule has 0 N–H and O–H groups in total. The third-order valence-corrected chi connectivity index (χ3v) is 4.12. The molecule has 1 aliphatic rings. The van der Waals surface area contributed by atoms with Crippen LogP contribution in [0.25, 0.3) is 11.3 Å². The molecule has 0 radical (unpaired) electrons. The van der Waals surface area contributed by atoms with Gasteiger partial charge >= 0.3 is 5.97 Å². The fraction of sp³-hybridized carbons (Fsp3) is 0.111. The third-order valence-electron chi connectivity index (χ3n) is 3.63. The Morgan fingerprint density at radius 1 is 1.12 bits per heavy atom. The van der Waals surface area contributed by atoms with Gasteiger partial charge in [-0.1, -0.05) is 27.2 Å². The van der Waals surface area contributed by atoms with E-state index in [0.29, 0.717) is 28.5 Å². The average Bonchev–Trinajstić information content (AvgIpc) is 3.28. The molecular weight excluding hydrogens is 390 g/mol. The van der Waals surface area contributed by atoms with E-state index in [4.69, 9.17) is 18.7 Å². The molecule has 0 saturated carbocycles. The molecule has 0 bridgehead atoms. The summed E-state index contributed by atoms with van der Waals surface area (Å²) < 4.78 is 22.0. The summed E-state index contributed by atoms with van der Waals surface area (Å²) in [5.74, 6) is 1.50. The topological polar surface area (TPSA) is 70.8 Å². The number of rotatable bonds is 4. The predicted octanol–water partition coefficient (Wildman–Crippen LogP) is 4.19. The van der Waals surface area contributed by atoms with Crippen molar-refractivity contribution in [2.45, 2.75) is 6.61 Å². The Bertz CT molecular complexity index is 937. The average molecular weight is 402 g/mol. The Balaban J connectivity index is 1.44. The maximum Gasteiger partial charge on any atom is 0.338 e. The smallest absolute Gasteiger partial charge is 0.338 e. The molecule has 7 heteroatoms. The number of hydrogen-bond donors (Lipinski definition) is 0. The number of halogens is 1. The number of fused-ring (bicyclic) bond motifs is 1. The summed E-state index contributed by atoms with van der Waals surface area (Å²) >= 11 is 3.32. The fourth-order valence-electron chi connectivity index (χ4n) is 2.40. The van der Waals surface area contributed by atoms with E-state index in [2.05, 4.69) is 21.1 Å². The summed E-state index contributed by atoms with van der Waals surface area (Å²) in [5.41, 5.74) is 1.80. The molecular formula is C18H12BrNO5. The Kier molecular flexibility index (Phi) is 4.15. The quantitative estimate of drug-likeness (QED) is 0.610. The van der Waals surface area contributed by atoms with Gasteiger partial charge in [0.15, 0.2) is 17.3 Å². The summed E-state index contributed by atoms with van der Waals surface area (Å²) in [6.07, 6.45) is 0. The molecule has 4 rings (SSSR count). The normalized spacial score (nSPS) is 12.2. The second kappa shape index (κ2) is 6.60. The molecule has 3 aromatic rings. The molecule has 126 valence electrons. The van der Waals surface area contributed by atoms with Crippen molar-refractivity contribution in [3.05, 3.63) is 64.3 Å². The van der Waals surface area contributed by atoms with E-state index in [9.17, 15) is 4.79 Å². The number of benzene rings is 2. The molecule has 0 saturated heterocycles. The van der Waals surface area contributed by atoms with Crippen molar-refractivity contribution in [1.29, 1.82) is 0 Å². The van der Waals surface area contributed by atoms with Crippen LogP contribution in [0, 0.1) is 0 Å². The molecule has 0 aliphatic carbocycles. The highest BCUT2D eigenvalue weighted by Gasteiger charge is 2.16. The highest BCUT2D eigenvalue weighted by atomic mass is 79.9. The lowest BCUT2D eigenvalue weighted by atomic mass is 10.1. The van der Waals surface area contributed by atoms with Crippen molar-refractivity contribution in [3.63, 3.8) is 0 Å². The van der Waals surface area contributed by atoms with Crippen LogP contribution in [0.3, 0.4) is 0 Å². The van der Waals surface area contributed by atoms with Gasteiger partial charge in [-0.15, -0.1) is 0 Å². The van der Waals surface area contributed by atoms with Crippen LogP contribution < -0.4 is 9.47 Å². The van der Waals surface area contributed by atoms with E-state index >= 15 is 0 Å². The van der Waals surface area contributed by atoms with Crippen LogP contribution in [-0.2, 0) is 11.3 Å². The minimum absolute atomic E-state index is 0.0272. The van der Waals surface area contributed by atoms with Gasteiger partial charge in [0.25, 0.3) is 0 Å². The van der Waals surface area contributed by atoms with E-state index in [1.807, 2.05) is 24.3 Å². The Labute approximate surface area is 151 Å². The lowest BCUT2D eigenvalue weighted by molar-refractivity contribution is 0.0464. The van der Waals surface area contributed by atoms with Crippen LogP contribution in [0.4, 0.5) is 0 Å². The first kappa shape index (κ1) is 15.7. The van der Waals surface area contributed by atoms with Gasteiger partial charge in [0, 0.05) is 16.1 Å². The maximum absolute atomic E-state index is 12.0. The van der Waals surface area contributed by atoms with E-state index in [0.717, 1.165) is 10.0 Å². The molecule has 2 aromatic carbocycles. The Morgan fingerprint density at radius 3 is 2.88 bits per heavy atom. The molecule has 0 unspecified atom stereocenters. The monoisotopic (exact) mass is 401 g/mol. The summed E-state index contributed by atoms with van der Waals surface area (Å²) in [5, 5.41) is 3.94. The van der Waals surface area contributed by atoms with Crippen LogP contribution in [0.15, 0.2) is 57.5 Å². The first-order valence-electron chi connectivity index (χ1n) is 7.47. The van der Waals surface area contributed by atoms with Crippen molar-refractivity contribution in [2.75, 3.05) is 6.79 Å². The van der Waals surface area contributed by atoms with Crippen molar-refractivity contribution >= 4 is 21.9 Å². The highest BCUT2D eigenvalue weighted by molar-refractivity contribution is 9.10. The number of carbonyl (C=O) groups excluding carboxylic acids is 1. The fourth-order valence-corrected chi connectivity index (χ4v) is 2.80. The van der Waals surface area contributed by atoms with Crippen molar-refractivity contribution in [3.8, 4) is 22.8 Å². The van der Waals surface area contributed by atoms with E-state index < -0.39 is 5.97 Å². The zero-order chi connectivity index (χ0) is 17.2. The minimum Gasteiger partial charge on any atom is -0.455 e. The number of hydrogen-bond acceptors (Lipinski definition) is 6. The van der Waals surface area contributed by atoms with Crippen LogP contribution in [-0.4, -0.2) is 17.9 Å². The second-order valence-corrected chi connectivity index (χ2v) is 6.25. The van der Waals surface area contributed by atoms with Gasteiger partial charge in [-0.3, -0.25) is 0 Å². The van der Waals surface area contributed by atoms with E-state index in [-0.39, 0.29) is 13.4 Å². The van der Waals surface area contributed by atoms with Crippen LogP contribution in [0.2, 0.25) is 0 Å². The standard InChI is InChI=1S/C18H12BrNO5/c19-13-3-1-2-12(6-13)18(21)22-9-14-8-16(25-20-14)11-4-5-15-17(7-11)24-10-23-15/h1-8H,9-10H2. The van der Waals surface area contributed by atoms with Crippen LogP contribution in [0.5, 0.6) is 11.5 Å². The molecule has 0 spiro atoms. The maximum atomic E-state index is 12.0. The molecule has 1 aromatic heterocycles. The van der Waals surface area contributed by atoms with Crippen molar-refractivity contribution in [1.82, 2.24) is 5.16 Å². The molecule has 0 fully saturated rings. The molecule has 25 heavy (non-hydrogen) atoms. The largest absolute Gasteiger partial charge is 0.455 e. The van der Waals surface area contributed by atoms with Gasteiger partial charge in [0.2, 0.25) is 6.79 Å². The number of ether oxygens (including phenoxy) is 3. The van der Waals surface area contributed by atoms with Crippen LogP contribution >= 0.6 is 15.9 Å². The number of carbonyl (C=O) groups is 1. The van der Waals surface area contributed by atoms with E-state index in [1.54, 1.807) is 24.3 Å². The van der Waals surface area contributed by atoms with Gasteiger partial charge in [-0.25, -0.2) is 4.79 Å². The van der Waals surface area contributed by atoms with Gasteiger partial charge in [0.05, 0.1) is 5.56 Å². The SMILES string of the molecule is O=C(OCc1cc(-c2ccc3c(c2)OCO3)on1)c1cccc(Br)c1. The molecule has 0 amide bonds. The molecule has 0 atom stereocenters. The number of aromatic nitrogens is 1. The van der Waals surface area contributed by atoms with Gasteiger partial charge in [-0.2, -0.15) is 0 Å². The summed E-state index contributed by atoms with van der Waals surface area (Å²) in [7, 11) is 0.